The Morgan fingerprint density at radius 3 is 2.44 bits per heavy atom. The van der Waals surface area contributed by atoms with Crippen molar-refractivity contribution in [3.05, 3.63) is 0 Å². The lowest BCUT2D eigenvalue weighted by molar-refractivity contribution is 0.299. The zero-order valence-electron chi connectivity index (χ0n) is 10.6. The van der Waals surface area contributed by atoms with Crippen molar-refractivity contribution in [1.82, 2.24) is 13.9 Å². The molecule has 0 aromatic carbocycles. The zero-order chi connectivity index (χ0) is 12.3. The van der Waals surface area contributed by atoms with E-state index in [0.29, 0.717) is 6.54 Å². The molecule has 96 valence electrons. The van der Waals surface area contributed by atoms with Gasteiger partial charge >= 0.3 is 0 Å². The monoisotopic (exact) mass is 249 g/mol. The first-order valence-corrected chi connectivity index (χ1v) is 7.26. The average molecular weight is 249 g/mol. The van der Waals surface area contributed by atoms with Crippen molar-refractivity contribution < 1.29 is 8.42 Å². The Labute approximate surface area is 99.0 Å². The van der Waals surface area contributed by atoms with Crippen LogP contribution in [0.4, 0.5) is 0 Å². The van der Waals surface area contributed by atoms with Crippen LogP contribution >= 0.6 is 0 Å². The standard InChI is InChI=1S/C10H23N3O2S/c1-5-13(10-6-7-11-8-10)16(14,15)12(4)9(2)3/h9-11H,5-8H2,1-4H3. The van der Waals surface area contributed by atoms with Crippen LogP contribution in [0.1, 0.15) is 27.2 Å². The van der Waals surface area contributed by atoms with Crippen LogP contribution in [0, 0.1) is 0 Å². The molecule has 5 nitrogen and oxygen atoms in total. The predicted molar refractivity (Wildman–Crippen MR) is 65.5 cm³/mol. The number of likely N-dealkylation sites (N-methyl/N-ethyl adjacent to an activating group) is 1. The summed E-state index contributed by atoms with van der Waals surface area (Å²) >= 11 is 0. The summed E-state index contributed by atoms with van der Waals surface area (Å²) in [6.45, 7) is 7.87. The summed E-state index contributed by atoms with van der Waals surface area (Å²) in [4.78, 5) is 0. The highest BCUT2D eigenvalue weighted by Crippen LogP contribution is 2.17. The van der Waals surface area contributed by atoms with Crippen molar-refractivity contribution in [2.45, 2.75) is 39.3 Å². The molecule has 1 atom stereocenters. The molecule has 1 fully saturated rings. The molecule has 0 aromatic heterocycles. The summed E-state index contributed by atoms with van der Waals surface area (Å²) in [6.07, 6.45) is 0.902. The van der Waals surface area contributed by atoms with Gasteiger partial charge in [0.2, 0.25) is 0 Å². The molecule has 1 rings (SSSR count). The lowest BCUT2D eigenvalue weighted by atomic mass is 10.3. The van der Waals surface area contributed by atoms with Crippen LogP contribution in [0.3, 0.4) is 0 Å². The normalized spacial score (nSPS) is 22.6. The molecule has 1 aliphatic rings. The van der Waals surface area contributed by atoms with E-state index in [2.05, 4.69) is 5.32 Å². The van der Waals surface area contributed by atoms with E-state index in [0.717, 1.165) is 19.5 Å². The minimum absolute atomic E-state index is 0.00610. The maximum atomic E-state index is 12.3. The van der Waals surface area contributed by atoms with E-state index < -0.39 is 10.2 Å². The molecule has 0 aromatic rings. The van der Waals surface area contributed by atoms with E-state index >= 15 is 0 Å². The maximum Gasteiger partial charge on any atom is 0.282 e. The third kappa shape index (κ3) is 2.74. The topological polar surface area (TPSA) is 52.7 Å². The minimum atomic E-state index is -3.31. The summed E-state index contributed by atoms with van der Waals surface area (Å²) in [5.74, 6) is 0. The highest BCUT2D eigenvalue weighted by molar-refractivity contribution is 7.86. The van der Waals surface area contributed by atoms with Gasteiger partial charge in [0.1, 0.15) is 0 Å². The molecule has 0 aliphatic carbocycles. The number of nitrogens with one attached hydrogen (secondary N) is 1. The van der Waals surface area contributed by atoms with Gasteiger partial charge in [-0.25, -0.2) is 0 Å². The Morgan fingerprint density at radius 1 is 1.44 bits per heavy atom. The first-order chi connectivity index (χ1) is 7.41. The fourth-order valence-electron chi connectivity index (χ4n) is 1.93. The van der Waals surface area contributed by atoms with Crippen LogP contribution in [0.2, 0.25) is 0 Å². The molecule has 1 aliphatic heterocycles. The van der Waals surface area contributed by atoms with E-state index in [4.69, 9.17) is 0 Å². The van der Waals surface area contributed by atoms with Gasteiger partial charge in [-0.2, -0.15) is 17.0 Å². The number of hydrogen-bond donors (Lipinski definition) is 1. The average Bonchev–Trinajstić information content (AvgIpc) is 2.70. The molecule has 1 unspecified atom stereocenters. The van der Waals surface area contributed by atoms with Crippen molar-refractivity contribution in [3.63, 3.8) is 0 Å². The minimum Gasteiger partial charge on any atom is -0.315 e. The molecule has 6 heteroatoms. The number of hydrogen-bond acceptors (Lipinski definition) is 3. The number of rotatable bonds is 5. The van der Waals surface area contributed by atoms with Gasteiger partial charge in [0.15, 0.2) is 0 Å². The Hall–Kier alpha value is -0.170. The quantitative estimate of drug-likeness (QED) is 0.760. The highest BCUT2D eigenvalue weighted by atomic mass is 32.2. The first-order valence-electron chi connectivity index (χ1n) is 5.86. The molecule has 0 bridgehead atoms. The summed E-state index contributed by atoms with van der Waals surface area (Å²) < 4.78 is 27.7. The van der Waals surface area contributed by atoms with Crippen LogP contribution in [-0.4, -0.2) is 55.8 Å². The highest BCUT2D eigenvalue weighted by Gasteiger charge is 2.34. The largest absolute Gasteiger partial charge is 0.315 e. The van der Waals surface area contributed by atoms with Crippen LogP contribution in [0.25, 0.3) is 0 Å². The second-order valence-electron chi connectivity index (χ2n) is 4.47. The van der Waals surface area contributed by atoms with E-state index in [1.165, 1.54) is 4.31 Å². The zero-order valence-corrected chi connectivity index (χ0v) is 11.4. The number of nitrogens with zero attached hydrogens (tertiary/aromatic N) is 2. The van der Waals surface area contributed by atoms with Gasteiger partial charge in [-0.15, -0.1) is 0 Å². The van der Waals surface area contributed by atoms with E-state index in [1.807, 2.05) is 20.8 Å². The second kappa shape index (κ2) is 5.44. The van der Waals surface area contributed by atoms with Crippen LogP contribution in [0.5, 0.6) is 0 Å². The fourth-order valence-corrected chi connectivity index (χ4v) is 3.67. The SMILES string of the molecule is CCN(C1CCNC1)S(=O)(=O)N(C)C(C)C. The van der Waals surface area contributed by atoms with Gasteiger partial charge < -0.3 is 5.32 Å². The maximum absolute atomic E-state index is 12.3. The van der Waals surface area contributed by atoms with Gasteiger partial charge in [0, 0.05) is 32.2 Å². The summed E-state index contributed by atoms with van der Waals surface area (Å²) in [5, 5.41) is 3.20. The molecular weight excluding hydrogens is 226 g/mol. The Balaban J connectivity index is 2.85. The van der Waals surface area contributed by atoms with Gasteiger partial charge in [-0.1, -0.05) is 6.92 Å². The first kappa shape index (κ1) is 13.9. The molecular formula is C10H23N3O2S. The predicted octanol–water partition coefficient (Wildman–Crippen LogP) is 0.255. The molecule has 0 saturated carbocycles. The second-order valence-corrected chi connectivity index (χ2v) is 6.41. The van der Waals surface area contributed by atoms with Crippen molar-refractivity contribution in [2.75, 3.05) is 26.7 Å². The molecule has 0 amide bonds. The van der Waals surface area contributed by atoms with Gasteiger partial charge in [0.05, 0.1) is 0 Å². The smallest absolute Gasteiger partial charge is 0.282 e. The van der Waals surface area contributed by atoms with E-state index in [-0.39, 0.29) is 12.1 Å². The molecule has 0 radical (unpaired) electrons. The Bertz CT molecular complexity index is 310. The molecule has 1 heterocycles. The van der Waals surface area contributed by atoms with E-state index in [9.17, 15) is 8.42 Å². The molecule has 0 spiro atoms. The Morgan fingerprint density at radius 2 is 2.06 bits per heavy atom. The third-order valence-corrected chi connectivity index (χ3v) is 5.44. The summed E-state index contributed by atoms with van der Waals surface area (Å²) in [6, 6.07) is 0.101. The third-order valence-electron chi connectivity index (χ3n) is 3.14. The van der Waals surface area contributed by atoms with Crippen LogP contribution in [-0.2, 0) is 10.2 Å². The van der Waals surface area contributed by atoms with Gasteiger partial charge in [0.25, 0.3) is 10.2 Å². The van der Waals surface area contributed by atoms with Crippen molar-refractivity contribution >= 4 is 10.2 Å². The van der Waals surface area contributed by atoms with Crippen LogP contribution < -0.4 is 5.32 Å². The van der Waals surface area contributed by atoms with Gasteiger partial charge in [-0.3, -0.25) is 0 Å². The fraction of sp³-hybridized carbons (Fsp3) is 1.00. The van der Waals surface area contributed by atoms with Crippen molar-refractivity contribution in [1.29, 1.82) is 0 Å². The lowest BCUT2D eigenvalue weighted by Gasteiger charge is -2.32. The summed E-state index contributed by atoms with van der Waals surface area (Å²) in [5.41, 5.74) is 0. The Kier molecular flexibility index (Phi) is 4.73. The van der Waals surface area contributed by atoms with Crippen LogP contribution in [0.15, 0.2) is 0 Å². The molecule has 16 heavy (non-hydrogen) atoms. The van der Waals surface area contributed by atoms with Gasteiger partial charge in [-0.05, 0) is 26.8 Å². The van der Waals surface area contributed by atoms with E-state index in [1.54, 1.807) is 11.4 Å². The lowest BCUT2D eigenvalue weighted by Crippen LogP contribution is -2.49. The van der Waals surface area contributed by atoms with Crippen molar-refractivity contribution in [3.8, 4) is 0 Å². The van der Waals surface area contributed by atoms with Crippen molar-refractivity contribution in [2.24, 2.45) is 0 Å². The summed E-state index contributed by atoms with van der Waals surface area (Å²) in [7, 11) is -1.66. The molecule has 1 N–H and O–H groups in total. The molecule has 1 saturated heterocycles.